The van der Waals surface area contributed by atoms with Crippen molar-refractivity contribution in [3.8, 4) is 0 Å². The van der Waals surface area contributed by atoms with Crippen molar-refractivity contribution < 1.29 is 14.6 Å². The molecule has 1 aliphatic heterocycles. The summed E-state index contributed by atoms with van der Waals surface area (Å²) in [4.78, 5) is 11.9. The Morgan fingerprint density at radius 1 is 1.56 bits per heavy atom. The zero-order valence-electron chi connectivity index (χ0n) is 10.5. The Kier molecular flexibility index (Phi) is 4.74. The van der Waals surface area contributed by atoms with Gasteiger partial charge in [-0.05, 0) is 24.7 Å². The predicted octanol–water partition coefficient (Wildman–Crippen LogP) is 1.08. The maximum Gasteiger partial charge on any atom is 0.249 e. The molecule has 1 saturated heterocycles. The number of carbonyl (C=O) groups is 1. The van der Waals surface area contributed by atoms with Crippen LogP contribution in [0.4, 0.5) is 0 Å². The zero-order valence-corrected chi connectivity index (χ0v) is 10.5. The molecule has 1 heterocycles. The number of aliphatic hydroxyl groups excluding tert-OH is 1. The SMILES string of the molecule is CC(C)(C)C(CCO)NC(=O)[C@H]1CCCO1. The van der Waals surface area contributed by atoms with E-state index in [-0.39, 0.29) is 30.1 Å². The van der Waals surface area contributed by atoms with Crippen molar-refractivity contribution in [2.24, 2.45) is 5.41 Å². The van der Waals surface area contributed by atoms with Gasteiger partial charge in [-0.1, -0.05) is 20.8 Å². The normalized spacial score (nSPS) is 23.1. The Morgan fingerprint density at radius 3 is 2.69 bits per heavy atom. The summed E-state index contributed by atoms with van der Waals surface area (Å²) >= 11 is 0. The summed E-state index contributed by atoms with van der Waals surface area (Å²) in [7, 11) is 0. The molecule has 0 saturated carbocycles. The molecule has 1 rings (SSSR count). The summed E-state index contributed by atoms with van der Waals surface area (Å²) in [6.07, 6.45) is 2.06. The average molecular weight is 229 g/mol. The topological polar surface area (TPSA) is 58.6 Å². The summed E-state index contributed by atoms with van der Waals surface area (Å²) in [6.45, 7) is 6.95. The highest BCUT2D eigenvalue weighted by Gasteiger charge is 2.30. The van der Waals surface area contributed by atoms with Crippen molar-refractivity contribution >= 4 is 5.91 Å². The number of hydrogen-bond acceptors (Lipinski definition) is 3. The fourth-order valence-corrected chi connectivity index (χ4v) is 1.90. The van der Waals surface area contributed by atoms with E-state index in [4.69, 9.17) is 9.84 Å². The second-order valence-electron chi connectivity index (χ2n) is 5.44. The van der Waals surface area contributed by atoms with Crippen LogP contribution >= 0.6 is 0 Å². The number of carbonyl (C=O) groups excluding carboxylic acids is 1. The highest BCUT2D eigenvalue weighted by Crippen LogP contribution is 2.22. The van der Waals surface area contributed by atoms with Crippen LogP contribution in [0.25, 0.3) is 0 Å². The highest BCUT2D eigenvalue weighted by atomic mass is 16.5. The Bertz CT molecular complexity index is 229. The van der Waals surface area contributed by atoms with Crippen LogP contribution in [0.5, 0.6) is 0 Å². The van der Waals surface area contributed by atoms with Gasteiger partial charge in [-0.2, -0.15) is 0 Å². The first-order valence-electron chi connectivity index (χ1n) is 5.98. The average Bonchev–Trinajstić information content (AvgIpc) is 2.68. The fourth-order valence-electron chi connectivity index (χ4n) is 1.90. The van der Waals surface area contributed by atoms with Crippen LogP contribution in [0.15, 0.2) is 0 Å². The summed E-state index contributed by atoms with van der Waals surface area (Å²) in [5.41, 5.74) is -0.0446. The van der Waals surface area contributed by atoms with Crippen LogP contribution in [-0.4, -0.2) is 36.4 Å². The molecule has 1 unspecified atom stereocenters. The van der Waals surface area contributed by atoms with Crippen molar-refractivity contribution in [3.05, 3.63) is 0 Å². The molecule has 1 aliphatic rings. The molecule has 1 amide bonds. The van der Waals surface area contributed by atoms with Gasteiger partial charge in [0.05, 0.1) is 0 Å². The quantitative estimate of drug-likeness (QED) is 0.758. The van der Waals surface area contributed by atoms with Gasteiger partial charge in [0.1, 0.15) is 6.10 Å². The molecular formula is C12H23NO3. The molecule has 4 heteroatoms. The zero-order chi connectivity index (χ0) is 12.2. The lowest BCUT2D eigenvalue weighted by Crippen LogP contribution is -2.47. The number of amides is 1. The van der Waals surface area contributed by atoms with Gasteiger partial charge in [0, 0.05) is 19.3 Å². The molecule has 0 aromatic carbocycles. The van der Waals surface area contributed by atoms with Gasteiger partial charge in [0.2, 0.25) is 5.91 Å². The maximum atomic E-state index is 11.9. The predicted molar refractivity (Wildman–Crippen MR) is 62.1 cm³/mol. The monoisotopic (exact) mass is 229 g/mol. The summed E-state index contributed by atoms with van der Waals surface area (Å²) < 4.78 is 5.33. The van der Waals surface area contributed by atoms with Gasteiger partial charge in [0.25, 0.3) is 0 Å². The van der Waals surface area contributed by atoms with Crippen molar-refractivity contribution in [2.75, 3.05) is 13.2 Å². The molecule has 94 valence electrons. The van der Waals surface area contributed by atoms with Gasteiger partial charge < -0.3 is 15.2 Å². The van der Waals surface area contributed by atoms with Gasteiger partial charge in [-0.3, -0.25) is 4.79 Å². The van der Waals surface area contributed by atoms with E-state index in [0.717, 1.165) is 12.8 Å². The molecule has 0 aromatic rings. The maximum absolute atomic E-state index is 11.9. The van der Waals surface area contributed by atoms with Crippen LogP contribution in [-0.2, 0) is 9.53 Å². The Hall–Kier alpha value is -0.610. The lowest BCUT2D eigenvalue weighted by Gasteiger charge is -2.31. The minimum Gasteiger partial charge on any atom is -0.396 e. The third-order valence-electron chi connectivity index (χ3n) is 3.00. The molecule has 16 heavy (non-hydrogen) atoms. The largest absolute Gasteiger partial charge is 0.396 e. The fraction of sp³-hybridized carbons (Fsp3) is 0.917. The molecule has 2 atom stereocenters. The molecule has 0 spiro atoms. The molecule has 0 aliphatic carbocycles. The van der Waals surface area contributed by atoms with E-state index in [1.54, 1.807) is 0 Å². The van der Waals surface area contributed by atoms with E-state index in [1.165, 1.54) is 0 Å². The van der Waals surface area contributed by atoms with E-state index < -0.39 is 0 Å². The first-order chi connectivity index (χ1) is 7.45. The van der Waals surface area contributed by atoms with Crippen LogP contribution in [0.2, 0.25) is 0 Å². The van der Waals surface area contributed by atoms with Crippen molar-refractivity contribution in [3.63, 3.8) is 0 Å². The second-order valence-corrected chi connectivity index (χ2v) is 5.44. The minimum absolute atomic E-state index is 0.00537. The second kappa shape index (κ2) is 5.64. The molecule has 1 fully saturated rings. The van der Waals surface area contributed by atoms with Gasteiger partial charge in [-0.15, -0.1) is 0 Å². The summed E-state index contributed by atoms with van der Waals surface area (Å²) in [5, 5.41) is 12.0. The van der Waals surface area contributed by atoms with E-state index >= 15 is 0 Å². The van der Waals surface area contributed by atoms with E-state index in [9.17, 15) is 4.79 Å². The lowest BCUT2D eigenvalue weighted by atomic mass is 9.85. The van der Waals surface area contributed by atoms with Gasteiger partial charge >= 0.3 is 0 Å². The molecule has 0 bridgehead atoms. The van der Waals surface area contributed by atoms with Crippen LogP contribution in [0.3, 0.4) is 0 Å². The first kappa shape index (κ1) is 13.5. The standard InChI is InChI=1S/C12H23NO3/c1-12(2,3)10(6-7-14)13-11(15)9-5-4-8-16-9/h9-10,14H,4-8H2,1-3H3,(H,13,15)/t9-,10?/m1/s1. The first-order valence-corrected chi connectivity index (χ1v) is 5.98. The highest BCUT2D eigenvalue weighted by molar-refractivity contribution is 5.81. The third-order valence-corrected chi connectivity index (χ3v) is 3.00. The molecule has 0 aromatic heterocycles. The van der Waals surface area contributed by atoms with Crippen LogP contribution < -0.4 is 5.32 Å². The van der Waals surface area contributed by atoms with Crippen LogP contribution in [0, 0.1) is 5.41 Å². The minimum atomic E-state index is -0.288. The molecular weight excluding hydrogens is 206 g/mol. The van der Waals surface area contributed by atoms with E-state index in [0.29, 0.717) is 13.0 Å². The Morgan fingerprint density at radius 2 is 2.25 bits per heavy atom. The number of aliphatic hydroxyl groups is 1. The third kappa shape index (κ3) is 3.76. The van der Waals surface area contributed by atoms with E-state index in [1.807, 2.05) is 0 Å². The van der Waals surface area contributed by atoms with Gasteiger partial charge in [0.15, 0.2) is 0 Å². The van der Waals surface area contributed by atoms with Crippen molar-refractivity contribution in [2.45, 2.75) is 52.2 Å². The Balaban J connectivity index is 2.50. The lowest BCUT2D eigenvalue weighted by molar-refractivity contribution is -0.131. The van der Waals surface area contributed by atoms with Crippen LogP contribution in [0.1, 0.15) is 40.0 Å². The number of nitrogens with one attached hydrogen (secondary N) is 1. The molecule has 0 radical (unpaired) electrons. The Labute approximate surface area is 97.4 Å². The molecule has 2 N–H and O–H groups in total. The van der Waals surface area contributed by atoms with E-state index in [2.05, 4.69) is 26.1 Å². The molecule has 4 nitrogen and oxygen atoms in total. The summed E-state index contributed by atoms with van der Waals surface area (Å²) in [5.74, 6) is -0.0362. The number of rotatable bonds is 4. The smallest absolute Gasteiger partial charge is 0.249 e. The number of hydrogen-bond donors (Lipinski definition) is 2. The van der Waals surface area contributed by atoms with Gasteiger partial charge in [-0.25, -0.2) is 0 Å². The van der Waals surface area contributed by atoms with Crippen molar-refractivity contribution in [1.29, 1.82) is 0 Å². The van der Waals surface area contributed by atoms with Crippen molar-refractivity contribution in [1.82, 2.24) is 5.32 Å². The number of ether oxygens (including phenoxy) is 1. The summed E-state index contributed by atoms with van der Waals surface area (Å²) in [6, 6.07) is -0.00537.